The lowest BCUT2D eigenvalue weighted by molar-refractivity contribution is -0.142. The molecule has 1 aliphatic heterocycles. The number of benzene rings is 2. The highest BCUT2D eigenvalue weighted by atomic mass is 79.9. The number of ketones is 2. The minimum Gasteiger partial charge on any atom is -0.507 e. The van der Waals surface area contributed by atoms with Gasteiger partial charge < -0.3 is 10.2 Å². The number of halogens is 1. The van der Waals surface area contributed by atoms with Crippen LogP contribution in [0.2, 0.25) is 0 Å². The third-order valence-corrected chi connectivity index (χ3v) is 9.03. The number of carbonyl (C=O) groups excluding carboxylic acids is 4. The van der Waals surface area contributed by atoms with Crippen LogP contribution in [0, 0.1) is 17.8 Å². The van der Waals surface area contributed by atoms with Gasteiger partial charge in [0.15, 0.2) is 11.6 Å². The van der Waals surface area contributed by atoms with Crippen molar-refractivity contribution in [2.75, 3.05) is 6.54 Å². The maximum absolute atomic E-state index is 13.7. The lowest BCUT2D eigenvalue weighted by atomic mass is 9.59. The molecule has 2 aromatic carbocycles. The number of carboxylic acid groups (broad SMARTS) is 1. The van der Waals surface area contributed by atoms with Crippen molar-refractivity contribution >= 4 is 56.1 Å². The summed E-state index contributed by atoms with van der Waals surface area (Å²) >= 11 is 3.23. The number of allylic oxidation sites excluding steroid dienone is 6. The van der Waals surface area contributed by atoms with Gasteiger partial charge in [0.1, 0.15) is 5.75 Å². The van der Waals surface area contributed by atoms with E-state index in [4.69, 9.17) is 5.11 Å². The molecule has 2 amide bonds. The summed E-state index contributed by atoms with van der Waals surface area (Å²) in [6, 6.07) is 10.6. The topological polar surface area (TPSA) is 129 Å². The van der Waals surface area contributed by atoms with Crippen LogP contribution in [0.3, 0.4) is 0 Å². The van der Waals surface area contributed by atoms with Crippen LogP contribution < -0.4 is 0 Å². The third-order valence-electron chi connectivity index (χ3n) is 8.44. The quantitative estimate of drug-likeness (QED) is 0.304. The Morgan fingerprint density at radius 3 is 2.49 bits per heavy atom. The SMILES string of the molecule is O=C(O)CCCN1C(=O)C2CC=C3C(c4ccc(O)c5ccccc45)C4=C(CC3C2C1=O)C(=O)C(Br)=CC4=O. The number of aliphatic carboxylic acids is 1. The second kappa shape index (κ2) is 9.41. The van der Waals surface area contributed by atoms with Crippen molar-refractivity contribution < 1.29 is 34.2 Å². The van der Waals surface area contributed by atoms with E-state index in [2.05, 4.69) is 15.9 Å². The van der Waals surface area contributed by atoms with Crippen LogP contribution in [0.15, 0.2) is 69.8 Å². The van der Waals surface area contributed by atoms with E-state index in [1.807, 2.05) is 24.3 Å². The van der Waals surface area contributed by atoms with E-state index < -0.39 is 29.6 Å². The van der Waals surface area contributed by atoms with Crippen LogP contribution in [0.1, 0.15) is 37.2 Å². The van der Waals surface area contributed by atoms with Gasteiger partial charge in [-0.05, 0) is 58.1 Å². The highest BCUT2D eigenvalue weighted by molar-refractivity contribution is 9.12. The number of fused-ring (bicyclic) bond motifs is 4. The first-order valence-corrected chi connectivity index (χ1v) is 13.6. The number of aromatic hydroxyl groups is 1. The monoisotopic (exact) mass is 589 g/mol. The molecule has 9 heteroatoms. The van der Waals surface area contributed by atoms with Crippen molar-refractivity contribution in [3.05, 3.63) is 75.3 Å². The van der Waals surface area contributed by atoms with Crippen molar-refractivity contribution in [2.24, 2.45) is 17.8 Å². The molecule has 4 unspecified atom stereocenters. The molecular formula is C30H24BrNO7. The molecule has 0 bridgehead atoms. The van der Waals surface area contributed by atoms with Crippen molar-refractivity contribution in [3.63, 3.8) is 0 Å². The van der Waals surface area contributed by atoms with Gasteiger partial charge in [-0.25, -0.2) is 0 Å². The van der Waals surface area contributed by atoms with Crippen molar-refractivity contribution in [1.29, 1.82) is 0 Å². The third kappa shape index (κ3) is 3.90. The van der Waals surface area contributed by atoms with E-state index in [0.29, 0.717) is 23.0 Å². The zero-order chi connectivity index (χ0) is 27.6. The molecule has 4 aliphatic rings. The van der Waals surface area contributed by atoms with Gasteiger partial charge in [0.2, 0.25) is 11.8 Å². The number of carbonyl (C=O) groups is 5. The molecule has 1 fully saturated rings. The normalized spacial score (nSPS) is 26.3. The molecule has 0 aromatic heterocycles. The fraction of sp³-hybridized carbons (Fsp3) is 0.300. The molecule has 1 heterocycles. The van der Waals surface area contributed by atoms with E-state index in [9.17, 15) is 29.1 Å². The smallest absolute Gasteiger partial charge is 0.303 e. The Morgan fingerprint density at radius 1 is 1.00 bits per heavy atom. The molecule has 4 atom stereocenters. The van der Waals surface area contributed by atoms with Gasteiger partial charge in [-0.2, -0.15) is 0 Å². The van der Waals surface area contributed by atoms with Crippen LogP contribution in [0.25, 0.3) is 10.8 Å². The Hall–Kier alpha value is -3.85. The number of hydrogen-bond acceptors (Lipinski definition) is 6. The Kier molecular flexibility index (Phi) is 6.14. The summed E-state index contributed by atoms with van der Waals surface area (Å²) in [5, 5.41) is 20.9. The van der Waals surface area contributed by atoms with Crippen molar-refractivity contribution in [1.82, 2.24) is 4.90 Å². The molecule has 3 aliphatic carbocycles. The second-order valence-corrected chi connectivity index (χ2v) is 11.3. The lowest BCUT2D eigenvalue weighted by Crippen LogP contribution is -2.39. The van der Waals surface area contributed by atoms with E-state index in [1.165, 1.54) is 11.0 Å². The minimum atomic E-state index is -0.995. The summed E-state index contributed by atoms with van der Waals surface area (Å²) in [7, 11) is 0. The number of amides is 2. The van der Waals surface area contributed by atoms with Crippen LogP contribution in [-0.2, 0) is 24.0 Å². The summed E-state index contributed by atoms with van der Waals surface area (Å²) in [6.07, 6.45) is 3.72. The second-order valence-electron chi connectivity index (χ2n) is 10.4. The fourth-order valence-corrected chi connectivity index (χ4v) is 7.24. The van der Waals surface area contributed by atoms with Gasteiger partial charge >= 0.3 is 5.97 Å². The van der Waals surface area contributed by atoms with Crippen molar-refractivity contribution in [3.8, 4) is 5.75 Å². The first-order valence-electron chi connectivity index (χ1n) is 12.9. The minimum absolute atomic E-state index is 0.0324. The van der Waals surface area contributed by atoms with Gasteiger partial charge in [0, 0.05) is 41.5 Å². The molecule has 39 heavy (non-hydrogen) atoms. The Labute approximate surface area is 231 Å². The first kappa shape index (κ1) is 25.4. The van der Waals surface area contributed by atoms with Gasteiger partial charge in [-0.1, -0.05) is 42.0 Å². The number of rotatable bonds is 5. The van der Waals surface area contributed by atoms with Gasteiger partial charge in [-0.3, -0.25) is 28.9 Å². The van der Waals surface area contributed by atoms with Crippen LogP contribution >= 0.6 is 15.9 Å². The highest BCUT2D eigenvalue weighted by Gasteiger charge is 2.56. The molecule has 198 valence electrons. The average molecular weight is 590 g/mol. The number of likely N-dealkylation sites (tertiary alicyclic amines) is 1. The maximum Gasteiger partial charge on any atom is 0.303 e. The van der Waals surface area contributed by atoms with E-state index >= 15 is 0 Å². The van der Waals surface area contributed by atoms with Gasteiger partial charge in [0.05, 0.1) is 16.3 Å². The summed E-state index contributed by atoms with van der Waals surface area (Å²) < 4.78 is 0.157. The largest absolute Gasteiger partial charge is 0.507 e. The molecular weight excluding hydrogens is 566 g/mol. The maximum atomic E-state index is 13.7. The Balaban J connectivity index is 1.49. The molecule has 0 saturated carbocycles. The summed E-state index contributed by atoms with van der Waals surface area (Å²) in [5.41, 5.74) is 2.28. The molecule has 8 nitrogen and oxygen atoms in total. The predicted molar refractivity (Wildman–Crippen MR) is 144 cm³/mol. The number of Topliss-reactive ketones (excluding diaryl/α,β-unsaturated/α-hetero) is 1. The summed E-state index contributed by atoms with van der Waals surface area (Å²) in [5.74, 6) is -4.56. The highest BCUT2D eigenvalue weighted by Crippen LogP contribution is 2.56. The van der Waals surface area contributed by atoms with Crippen LogP contribution in [0.5, 0.6) is 5.75 Å². The number of imide groups is 1. The standard InChI is InChI=1S/C30H24BrNO7/c31-21-13-23(34)27-20(28(21)37)12-19-17(25(27)16-9-10-22(33)15-5-2-1-4-14(15)16)7-8-18-26(19)30(39)32(29(18)38)11-3-6-24(35)36/h1-2,4-5,7,9-10,13,18-19,25-26,33H,3,6,8,11-12H2,(H,35,36). The van der Waals surface area contributed by atoms with Crippen molar-refractivity contribution in [2.45, 2.75) is 31.6 Å². The van der Waals surface area contributed by atoms with Gasteiger partial charge in [-0.15, -0.1) is 0 Å². The number of phenols is 1. The fourth-order valence-electron chi connectivity index (χ4n) is 6.79. The number of hydrogen-bond donors (Lipinski definition) is 2. The average Bonchev–Trinajstić information content (AvgIpc) is 3.16. The van der Waals surface area contributed by atoms with Crippen LogP contribution in [0.4, 0.5) is 0 Å². The first-order chi connectivity index (χ1) is 18.7. The Bertz CT molecular complexity index is 1600. The van der Waals surface area contributed by atoms with E-state index in [1.54, 1.807) is 18.2 Å². The van der Waals surface area contributed by atoms with Gasteiger partial charge in [0.25, 0.3) is 0 Å². The molecule has 6 rings (SSSR count). The molecule has 1 saturated heterocycles. The summed E-state index contributed by atoms with van der Waals surface area (Å²) in [6.45, 7) is 0.0324. The van der Waals surface area contributed by atoms with Crippen LogP contribution in [-0.4, -0.2) is 51.0 Å². The van der Waals surface area contributed by atoms with E-state index in [0.717, 1.165) is 16.5 Å². The lowest BCUT2D eigenvalue weighted by Gasteiger charge is -2.42. The number of phenolic OH excluding ortho intramolecular Hbond substituents is 1. The number of carboxylic acids is 1. The zero-order valence-electron chi connectivity index (χ0n) is 20.7. The number of nitrogens with zero attached hydrogens (tertiary/aromatic N) is 1. The molecule has 2 aromatic rings. The molecule has 0 radical (unpaired) electrons. The molecule has 2 N–H and O–H groups in total. The van der Waals surface area contributed by atoms with E-state index in [-0.39, 0.29) is 59.4 Å². The Morgan fingerprint density at radius 2 is 1.74 bits per heavy atom. The zero-order valence-corrected chi connectivity index (χ0v) is 22.3. The molecule has 0 spiro atoms. The summed E-state index contributed by atoms with van der Waals surface area (Å²) in [4.78, 5) is 65.9. The predicted octanol–water partition coefficient (Wildman–Crippen LogP) is 4.17.